The van der Waals surface area contributed by atoms with Crippen LogP contribution in [-0.4, -0.2) is 24.5 Å². The van der Waals surface area contributed by atoms with Crippen LogP contribution in [0.25, 0.3) is 0 Å². The first kappa shape index (κ1) is 11.6. The number of likely N-dealkylation sites (tertiary alicyclic amines) is 1. The van der Waals surface area contributed by atoms with Crippen LogP contribution in [0, 0.1) is 11.7 Å². The molecule has 1 aliphatic heterocycles. The van der Waals surface area contributed by atoms with Gasteiger partial charge in [-0.1, -0.05) is 18.2 Å². The Balaban J connectivity index is 1.97. The van der Waals surface area contributed by atoms with Crippen molar-refractivity contribution in [1.82, 2.24) is 4.90 Å². The summed E-state index contributed by atoms with van der Waals surface area (Å²) in [6.45, 7) is 3.52. The van der Waals surface area contributed by atoms with Crippen molar-refractivity contribution in [3.63, 3.8) is 0 Å². The molecule has 1 atom stereocenters. The molecule has 2 nitrogen and oxygen atoms in total. The first-order chi connectivity index (χ1) is 7.79. The van der Waals surface area contributed by atoms with Gasteiger partial charge in [-0.3, -0.25) is 4.90 Å². The van der Waals surface area contributed by atoms with E-state index >= 15 is 0 Å². The molecule has 0 amide bonds. The Hall–Kier alpha value is -0.930. The van der Waals surface area contributed by atoms with E-state index in [4.69, 9.17) is 5.73 Å². The highest BCUT2D eigenvalue weighted by Crippen LogP contribution is 2.18. The van der Waals surface area contributed by atoms with Gasteiger partial charge in [-0.2, -0.15) is 0 Å². The number of hydrogen-bond acceptors (Lipinski definition) is 2. The molecule has 0 radical (unpaired) electrons. The van der Waals surface area contributed by atoms with Crippen molar-refractivity contribution in [2.75, 3.05) is 19.6 Å². The lowest BCUT2D eigenvalue weighted by atomic mass is 9.98. The second-order valence-electron chi connectivity index (χ2n) is 4.57. The minimum atomic E-state index is -0.0997. The molecule has 1 aromatic rings. The van der Waals surface area contributed by atoms with Crippen LogP contribution in [-0.2, 0) is 6.54 Å². The summed E-state index contributed by atoms with van der Waals surface area (Å²) in [5, 5.41) is 0. The SMILES string of the molecule is NC[C@H]1CCCN(Cc2ccccc2F)C1. The van der Waals surface area contributed by atoms with Crippen molar-refractivity contribution in [3.8, 4) is 0 Å². The molecule has 1 fully saturated rings. The monoisotopic (exact) mass is 222 g/mol. The van der Waals surface area contributed by atoms with Crippen LogP contribution in [0.5, 0.6) is 0 Å². The lowest BCUT2D eigenvalue weighted by molar-refractivity contribution is 0.169. The maximum absolute atomic E-state index is 13.5. The summed E-state index contributed by atoms with van der Waals surface area (Å²) in [5.74, 6) is 0.484. The fourth-order valence-electron chi connectivity index (χ4n) is 2.35. The first-order valence-corrected chi connectivity index (χ1v) is 5.95. The summed E-state index contributed by atoms with van der Waals surface area (Å²) in [6, 6.07) is 7.02. The predicted octanol–water partition coefficient (Wildman–Crippen LogP) is 2.00. The molecule has 88 valence electrons. The van der Waals surface area contributed by atoms with Crippen molar-refractivity contribution in [3.05, 3.63) is 35.6 Å². The Labute approximate surface area is 96.2 Å². The predicted molar refractivity (Wildman–Crippen MR) is 63.5 cm³/mol. The minimum absolute atomic E-state index is 0.0997. The van der Waals surface area contributed by atoms with Crippen LogP contribution in [0.2, 0.25) is 0 Å². The number of nitrogens with zero attached hydrogens (tertiary/aromatic N) is 1. The van der Waals surface area contributed by atoms with Crippen molar-refractivity contribution in [2.45, 2.75) is 19.4 Å². The molecular weight excluding hydrogens is 203 g/mol. The van der Waals surface area contributed by atoms with E-state index in [9.17, 15) is 4.39 Å². The molecular formula is C13H19FN2. The van der Waals surface area contributed by atoms with Gasteiger partial charge >= 0.3 is 0 Å². The fraction of sp³-hybridized carbons (Fsp3) is 0.538. The number of hydrogen-bond donors (Lipinski definition) is 1. The summed E-state index contributed by atoms with van der Waals surface area (Å²) < 4.78 is 13.5. The van der Waals surface area contributed by atoms with Gasteiger partial charge in [0.2, 0.25) is 0 Å². The number of nitrogens with two attached hydrogens (primary N) is 1. The highest BCUT2D eigenvalue weighted by molar-refractivity contribution is 5.17. The Kier molecular flexibility index (Phi) is 3.91. The minimum Gasteiger partial charge on any atom is -0.330 e. The van der Waals surface area contributed by atoms with Crippen LogP contribution in [0.3, 0.4) is 0 Å². The summed E-state index contributed by atoms with van der Waals surface area (Å²) >= 11 is 0. The van der Waals surface area contributed by atoms with Crippen molar-refractivity contribution in [1.29, 1.82) is 0 Å². The van der Waals surface area contributed by atoms with Gasteiger partial charge < -0.3 is 5.73 Å². The van der Waals surface area contributed by atoms with Gasteiger partial charge in [0.15, 0.2) is 0 Å². The molecule has 1 heterocycles. The van der Waals surface area contributed by atoms with Crippen LogP contribution < -0.4 is 5.73 Å². The summed E-state index contributed by atoms with van der Waals surface area (Å²) in [6.07, 6.45) is 2.39. The standard InChI is InChI=1S/C13H19FN2/c14-13-6-2-1-5-12(13)10-16-7-3-4-11(8-15)9-16/h1-2,5-6,11H,3-4,7-10,15H2/t11-/m1/s1. The highest BCUT2D eigenvalue weighted by Gasteiger charge is 2.19. The van der Waals surface area contributed by atoms with E-state index in [2.05, 4.69) is 4.90 Å². The van der Waals surface area contributed by atoms with Gasteiger partial charge in [0.05, 0.1) is 0 Å². The highest BCUT2D eigenvalue weighted by atomic mass is 19.1. The van der Waals surface area contributed by atoms with Gasteiger partial charge in [0.25, 0.3) is 0 Å². The van der Waals surface area contributed by atoms with Crippen molar-refractivity contribution >= 4 is 0 Å². The molecule has 0 spiro atoms. The van der Waals surface area contributed by atoms with Crippen LogP contribution >= 0.6 is 0 Å². The molecule has 1 aromatic carbocycles. The molecule has 2 N–H and O–H groups in total. The maximum Gasteiger partial charge on any atom is 0.127 e. The second-order valence-corrected chi connectivity index (χ2v) is 4.57. The smallest absolute Gasteiger partial charge is 0.127 e. The Morgan fingerprint density at radius 2 is 2.19 bits per heavy atom. The third-order valence-corrected chi connectivity index (χ3v) is 3.29. The van der Waals surface area contributed by atoms with Crippen LogP contribution in [0.15, 0.2) is 24.3 Å². The molecule has 16 heavy (non-hydrogen) atoms. The van der Waals surface area contributed by atoms with E-state index in [-0.39, 0.29) is 5.82 Å². The van der Waals surface area contributed by atoms with Crippen molar-refractivity contribution < 1.29 is 4.39 Å². The summed E-state index contributed by atoms with van der Waals surface area (Å²) in [7, 11) is 0. The summed E-state index contributed by atoms with van der Waals surface area (Å²) in [5.41, 5.74) is 6.48. The van der Waals surface area contributed by atoms with E-state index in [0.29, 0.717) is 12.5 Å². The topological polar surface area (TPSA) is 29.3 Å². The third-order valence-electron chi connectivity index (χ3n) is 3.29. The molecule has 3 heteroatoms. The first-order valence-electron chi connectivity index (χ1n) is 5.95. The Morgan fingerprint density at radius 1 is 1.38 bits per heavy atom. The number of benzene rings is 1. The zero-order valence-electron chi connectivity index (χ0n) is 9.53. The van der Waals surface area contributed by atoms with Gasteiger partial charge in [-0.15, -0.1) is 0 Å². The van der Waals surface area contributed by atoms with Crippen LogP contribution in [0.1, 0.15) is 18.4 Å². The largest absolute Gasteiger partial charge is 0.330 e. The quantitative estimate of drug-likeness (QED) is 0.847. The Morgan fingerprint density at radius 3 is 2.94 bits per heavy atom. The molecule has 0 bridgehead atoms. The van der Waals surface area contributed by atoms with E-state index in [0.717, 1.165) is 25.2 Å². The normalized spacial score (nSPS) is 22.2. The van der Waals surface area contributed by atoms with E-state index < -0.39 is 0 Å². The average molecular weight is 222 g/mol. The molecule has 0 unspecified atom stereocenters. The zero-order valence-corrected chi connectivity index (χ0v) is 9.53. The maximum atomic E-state index is 13.5. The average Bonchev–Trinajstić information content (AvgIpc) is 2.32. The second kappa shape index (κ2) is 5.41. The zero-order chi connectivity index (χ0) is 11.4. The molecule has 0 aliphatic carbocycles. The number of halogens is 1. The fourth-order valence-corrected chi connectivity index (χ4v) is 2.35. The van der Waals surface area contributed by atoms with Gasteiger partial charge in [-0.25, -0.2) is 4.39 Å². The van der Waals surface area contributed by atoms with Crippen molar-refractivity contribution in [2.24, 2.45) is 11.7 Å². The molecule has 0 aromatic heterocycles. The Bertz CT molecular complexity index is 340. The molecule has 1 aliphatic rings. The number of piperidine rings is 1. The van der Waals surface area contributed by atoms with E-state index in [1.807, 2.05) is 12.1 Å². The third kappa shape index (κ3) is 2.80. The lowest BCUT2D eigenvalue weighted by Crippen LogP contribution is -2.38. The van der Waals surface area contributed by atoms with Gasteiger partial charge in [-0.05, 0) is 37.9 Å². The van der Waals surface area contributed by atoms with Gasteiger partial charge in [0, 0.05) is 18.7 Å². The molecule has 0 saturated carbocycles. The number of rotatable bonds is 3. The van der Waals surface area contributed by atoms with Gasteiger partial charge in [0.1, 0.15) is 5.82 Å². The lowest BCUT2D eigenvalue weighted by Gasteiger charge is -2.32. The van der Waals surface area contributed by atoms with E-state index in [1.165, 1.54) is 18.9 Å². The van der Waals surface area contributed by atoms with Crippen LogP contribution in [0.4, 0.5) is 4.39 Å². The molecule has 2 rings (SSSR count). The summed E-state index contributed by atoms with van der Waals surface area (Å²) in [4.78, 5) is 2.31. The van der Waals surface area contributed by atoms with E-state index in [1.54, 1.807) is 6.07 Å². The molecule has 1 saturated heterocycles.